The van der Waals surface area contributed by atoms with Crippen molar-refractivity contribution in [3.05, 3.63) is 0 Å². The second-order valence-electron chi connectivity index (χ2n) is 3.06. The van der Waals surface area contributed by atoms with Gasteiger partial charge in [-0.25, -0.2) is 0 Å². The first-order chi connectivity index (χ1) is 4.84. The van der Waals surface area contributed by atoms with Gasteiger partial charge in [-0.3, -0.25) is 0 Å². The van der Waals surface area contributed by atoms with Gasteiger partial charge in [0.15, 0.2) is 0 Å². The first-order valence-corrected chi connectivity index (χ1v) is 4.13. The molecule has 0 unspecified atom stereocenters. The van der Waals surface area contributed by atoms with Crippen molar-refractivity contribution < 1.29 is 4.74 Å². The zero-order valence-corrected chi connectivity index (χ0v) is 6.89. The van der Waals surface area contributed by atoms with Crippen LogP contribution in [0.2, 0.25) is 0 Å². The number of hydrogen-bond acceptors (Lipinski definition) is 2. The normalized spacial score (nSPS) is 33.0. The molecule has 1 heterocycles. The van der Waals surface area contributed by atoms with Crippen molar-refractivity contribution >= 4 is 0 Å². The van der Waals surface area contributed by atoms with Gasteiger partial charge in [0.2, 0.25) is 0 Å². The van der Waals surface area contributed by atoms with Crippen molar-refractivity contribution in [1.82, 2.24) is 5.32 Å². The smallest absolute Gasteiger partial charge is 0.0509 e. The summed E-state index contributed by atoms with van der Waals surface area (Å²) in [6.07, 6.45) is 0. The van der Waals surface area contributed by atoms with Gasteiger partial charge in [-0.2, -0.15) is 0 Å². The van der Waals surface area contributed by atoms with Crippen molar-refractivity contribution in [3.63, 3.8) is 0 Å². The monoisotopic (exact) mass is 143 g/mol. The van der Waals surface area contributed by atoms with E-state index in [-0.39, 0.29) is 0 Å². The minimum absolute atomic E-state index is 0.750. The summed E-state index contributed by atoms with van der Waals surface area (Å²) in [6.45, 7) is 8.42. The fourth-order valence-electron chi connectivity index (χ4n) is 1.36. The maximum absolute atomic E-state index is 5.35. The summed E-state index contributed by atoms with van der Waals surface area (Å²) in [4.78, 5) is 0. The highest BCUT2D eigenvalue weighted by atomic mass is 16.5. The zero-order valence-electron chi connectivity index (χ0n) is 6.89. The molecule has 0 aromatic heterocycles. The molecular formula is C8H17NO. The van der Waals surface area contributed by atoms with Crippen molar-refractivity contribution in [3.8, 4) is 0 Å². The van der Waals surface area contributed by atoms with Crippen LogP contribution in [0.5, 0.6) is 0 Å². The molecule has 1 aliphatic rings. The summed E-state index contributed by atoms with van der Waals surface area (Å²) < 4.78 is 5.35. The van der Waals surface area contributed by atoms with Gasteiger partial charge in [0.1, 0.15) is 0 Å². The van der Waals surface area contributed by atoms with Gasteiger partial charge >= 0.3 is 0 Å². The lowest BCUT2D eigenvalue weighted by Crippen LogP contribution is -2.16. The van der Waals surface area contributed by atoms with Gasteiger partial charge in [0.05, 0.1) is 6.61 Å². The Labute approximate surface area is 63.0 Å². The summed E-state index contributed by atoms with van der Waals surface area (Å²) in [6, 6.07) is 0. The van der Waals surface area contributed by atoms with Gasteiger partial charge in [0.25, 0.3) is 0 Å². The maximum atomic E-state index is 5.35. The van der Waals surface area contributed by atoms with Gasteiger partial charge in [-0.15, -0.1) is 0 Å². The molecular weight excluding hydrogens is 126 g/mol. The third-order valence-electron chi connectivity index (χ3n) is 2.21. The highest BCUT2D eigenvalue weighted by Gasteiger charge is 2.22. The molecule has 0 spiro atoms. The van der Waals surface area contributed by atoms with E-state index in [0.29, 0.717) is 0 Å². The molecule has 1 fully saturated rings. The molecule has 0 radical (unpaired) electrons. The van der Waals surface area contributed by atoms with E-state index in [1.165, 1.54) is 0 Å². The SMILES string of the molecule is CCOC[C@@H]1CNC[C@H]1C. The number of rotatable bonds is 3. The van der Waals surface area contributed by atoms with Crippen LogP contribution < -0.4 is 5.32 Å². The minimum atomic E-state index is 0.750. The van der Waals surface area contributed by atoms with Crippen LogP contribution in [0.3, 0.4) is 0 Å². The van der Waals surface area contributed by atoms with Crippen LogP contribution in [-0.4, -0.2) is 26.3 Å². The standard InChI is InChI=1S/C8H17NO/c1-3-10-6-8-5-9-4-7(8)2/h7-9H,3-6H2,1-2H3/t7-,8+/m1/s1. The molecule has 0 saturated carbocycles. The lowest BCUT2D eigenvalue weighted by Gasteiger charge is -2.12. The Morgan fingerprint density at radius 3 is 2.80 bits per heavy atom. The van der Waals surface area contributed by atoms with Gasteiger partial charge in [0, 0.05) is 13.2 Å². The second-order valence-corrected chi connectivity index (χ2v) is 3.06. The predicted octanol–water partition coefficient (Wildman–Crippen LogP) is 0.878. The fraction of sp³-hybridized carbons (Fsp3) is 1.00. The molecule has 0 bridgehead atoms. The van der Waals surface area contributed by atoms with Crippen LogP contribution in [0.1, 0.15) is 13.8 Å². The first kappa shape index (κ1) is 8.02. The molecule has 1 rings (SSSR count). The molecule has 0 amide bonds. The molecule has 2 heteroatoms. The molecule has 2 atom stereocenters. The van der Waals surface area contributed by atoms with Crippen LogP contribution in [0.15, 0.2) is 0 Å². The third kappa shape index (κ3) is 1.96. The first-order valence-electron chi connectivity index (χ1n) is 4.13. The van der Waals surface area contributed by atoms with E-state index >= 15 is 0 Å². The second kappa shape index (κ2) is 3.94. The molecule has 1 saturated heterocycles. The van der Waals surface area contributed by atoms with E-state index in [2.05, 4.69) is 12.2 Å². The molecule has 60 valence electrons. The van der Waals surface area contributed by atoms with Gasteiger partial charge in [-0.05, 0) is 25.3 Å². The fourth-order valence-corrected chi connectivity index (χ4v) is 1.36. The quantitative estimate of drug-likeness (QED) is 0.633. The van der Waals surface area contributed by atoms with Crippen molar-refractivity contribution in [1.29, 1.82) is 0 Å². The van der Waals surface area contributed by atoms with E-state index in [9.17, 15) is 0 Å². The van der Waals surface area contributed by atoms with Gasteiger partial charge in [-0.1, -0.05) is 6.92 Å². The molecule has 2 nitrogen and oxygen atoms in total. The Hall–Kier alpha value is -0.0800. The summed E-state index contributed by atoms with van der Waals surface area (Å²) in [5, 5.41) is 3.35. The van der Waals surface area contributed by atoms with Crippen LogP contribution in [0.4, 0.5) is 0 Å². The molecule has 0 aliphatic carbocycles. The molecule has 1 aliphatic heterocycles. The average Bonchev–Trinajstić information content (AvgIpc) is 2.31. The summed E-state index contributed by atoms with van der Waals surface area (Å²) in [5.41, 5.74) is 0. The average molecular weight is 143 g/mol. The Morgan fingerprint density at radius 1 is 1.50 bits per heavy atom. The maximum Gasteiger partial charge on any atom is 0.0509 e. The van der Waals surface area contributed by atoms with Crippen LogP contribution >= 0.6 is 0 Å². The van der Waals surface area contributed by atoms with Crippen LogP contribution in [0, 0.1) is 11.8 Å². The highest BCUT2D eigenvalue weighted by molar-refractivity contribution is 4.77. The van der Waals surface area contributed by atoms with Crippen molar-refractivity contribution in [2.24, 2.45) is 11.8 Å². The van der Waals surface area contributed by atoms with Crippen molar-refractivity contribution in [2.75, 3.05) is 26.3 Å². The summed E-state index contributed by atoms with van der Waals surface area (Å²) in [7, 11) is 0. The largest absolute Gasteiger partial charge is 0.381 e. The summed E-state index contributed by atoms with van der Waals surface area (Å²) in [5.74, 6) is 1.55. The molecule has 10 heavy (non-hydrogen) atoms. The van der Waals surface area contributed by atoms with E-state index < -0.39 is 0 Å². The third-order valence-corrected chi connectivity index (χ3v) is 2.21. The predicted molar refractivity (Wildman–Crippen MR) is 42.0 cm³/mol. The topological polar surface area (TPSA) is 21.3 Å². The van der Waals surface area contributed by atoms with Crippen molar-refractivity contribution in [2.45, 2.75) is 13.8 Å². The summed E-state index contributed by atoms with van der Waals surface area (Å²) >= 11 is 0. The van der Waals surface area contributed by atoms with E-state index in [1.807, 2.05) is 6.92 Å². The lowest BCUT2D eigenvalue weighted by atomic mass is 9.99. The van der Waals surface area contributed by atoms with Crippen LogP contribution in [-0.2, 0) is 4.74 Å². The van der Waals surface area contributed by atoms with E-state index in [0.717, 1.165) is 38.1 Å². The Kier molecular flexibility index (Phi) is 3.16. The minimum Gasteiger partial charge on any atom is -0.381 e. The number of hydrogen-bond donors (Lipinski definition) is 1. The van der Waals surface area contributed by atoms with E-state index in [1.54, 1.807) is 0 Å². The Balaban J connectivity index is 2.14. The number of nitrogens with one attached hydrogen (secondary N) is 1. The highest BCUT2D eigenvalue weighted by Crippen LogP contribution is 2.15. The van der Waals surface area contributed by atoms with E-state index in [4.69, 9.17) is 4.74 Å². The van der Waals surface area contributed by atoms with Gasteiger partial charge < -0.3 is 10.1 Å². The van der Waals surface area contributed by atoms with Crippen LogP contribution in [0.25, 0.3) is 0 Å². The Bertz CT molecular complexity index is 95.3. The zero-order chi connectivity index (χ0) is 7.40. The Morgan fingerprint density at radius 2 is 2.30 bits per heavy atom. The molecule has 0 aromatic carbocycles. The molecule has 0 aromatic rings. The molecule has 1 N–H and O–H groups in total. The number of ether oxygens (including phenoxy) is 1. The lowest BCUT2D eigenvalue weighted by molar-refractivity contribution is 0.104.